The van der Waals surface area contributed by atoms with E-state index < -0.39 is 0 Å². The second-order valence-electron chi connectivity index (χ2n) is 8.00. The molecule has 2 fully saturated rings. The highest BCUT2D eigenvalue weighted by molar-refractivity contribution is 6.34. The number of rotatable bonds is 4. The Morgan fingerprint density at radius 3 is 2.57 bits per heavy atom. The van der Waals surface area contributed by atoms with Gasteiger partial charge in [-0.15, -0.1) is 0 Å². The number of likely N-dealkylation sites (tertiary alicyclic amines) is 1. The molecule has 158 valence electrons. The molecule has 1 aliphatic heterocycles. The summed E-state index contributed by atoms with van der Waals surface area (Å²) in [6.45, 7) is 3.50. The summed E-state index contributed by atoms with van der Waals surface area (Å²) in [6.07, 6.45) is 5.46. The van der Waals surface area contributed by atoms with Crippen LogP contribution in [-0.4, -0.2) is 53.4 Å². The summed E-state index contributed by atoms with van der Waals surface area (Å²) in [7, 11) is 1.78. The van der Waals surface area contributed by atoms with E-state index in [0.717, 1.165) is 44.5 Å². The fourth-order valence-corrected chi connectivity index (χ4v) is 4.58. The van der Waals surface area contributed by atoms with Crippen molar-refractivity contribution in [2.24, 2.45) is 13.0 Å². The standard InChI is InChI=1S/C19H22Cl2N8O/c1-10-14(23-19-22-9-13-15(20)25-27(2)17(13)24-19)16(21)26-29(10)12-5-7-28(8-6-12)18(30)11-3-4-11/h9,11-12H,3-8H2,1-2H3,(H,22,23,24). The summed E-state index contributed by atoms with van der Waals surface area (Å²) < 4.78 is 3.57. The zero-order valence-electron chi connectivity index (χ0n) is 16.8. The van der Waals surface area contributed by atoms with Crippen LogP contribution in [-0.2, 0) is 11.8 Å². The molecule has 0 spiro atoms. The number of halogens is 2. The van der Waals surface area contributed by atoms with Crippen molar-refractivity contribution >= 4 is 51.8 Å². The molecule has 9 nitrogen and oxygen atoms in total. The first-order valence-electron chi connectivity index (χ1n) is 10.1. The van der Waals surface area contributed by atoms with E-state index >= 15 is 0 Å². The van der Waals surface area contributed by atoms with Crippen LogP contribution in [0, 0.1) is 12.8 Å². The number of nitrogens with one attached hydrogen (secondary N) is 1. The number of fused-ring (bicyclic) bond motifs is 1. The van der Waals surface area contributed by atoms with Crippen molar-refractivity contribution in [3.8, 4) is 0 Å². The van der Waals surface area contributed by atoms with E-state index in [-0.39, 0.29) is 12.0 Å². The maximum Gasteiger partial charge on any atom is 0.229 e. The number of carbonyl (C=O) groups is 1. The highest BCUT2D eigenvalue weighted by Crippen LogP contribution is 2.35. The largest absolute Gasteiger partial charge is 0.342 e. The molecule has 0 unspecified atom stereocenters. The lowest BCUT2D eigenvalue weighted by atomic mass is 10.0. The van der Waals surface area contributed by atoms with Crippen LogP contribution in [0.5, 0.6) is 0 Å². The summed E-state index contributed by atoms with van der Waals surface area (Å²) in [6, 6.07) is 0.209. The van der Waals surface area contributed by atoms with Gasteiger partial charge in [0.1, 0.15) is 5.69 Å². The molecule has 11 heteroatoms. The van der Waals surface area contributed by atoms with Crippen molar-refractivity contribution in [2.45, 2.75) is 38.6 Å². The van der Waals surface area contributed by atoms with Crippen LogP contribution in [0.15, 0.2) is 6.20 Å². The highest BCUT2D eigenvalue weighted by atomic mass is 35.5. The van der Waals surface area contributed by atoms with Crippen molar-refractivity contribution in [1.29, 1.82) is 0 Å². The van der Waals surface area contributed by atoms with Gasteiger partial charge >= 0.3 is 0 Å². The Morgan fingerprint density at radius 2 is 1.87 bits per heavy atom. The van der Waals surface area contributed by atoms with E-state index in [4.69, 9.17) is 23.2 Å². The van der Waals surface area contributed by atoms with Crippen LogP contribution >= 0.6 is 23.2 Å². The van der Waals surface area contributed by atoms with Crippen molar-refractivity contribution in [1.82, 2.24) is 34.4 Å². The van der Waals surface area contributed by atoms with Gasteiger partial charge in [0.15, 0.2) is 16.0 Å². The Balaban J connectivity index is 1.34. The Labute approximate surface area is 183 Å². The van der Waals surface area contributed by atoms with Crippen molar-refractivity contribution < 1.29 is 4.79 Å². The molecule has 1 saturated carbocycles. The minimum Gasteiger partial charge on any atom is -0.342 e. The van der Waals surface area contributed by atoms with Crippen molar-refractivity contribution in [3.63, 3.8) is 0 Å². The number of nitrogens with zero attached hydrogens (tertiary/aromatic N) is 7. The molecular weight excluding hydrogens is 427 g/mol. The predicted molar refractivity (Wildman–Crippen MR) is 114 cm³/mol. The van der Waals surface area contributed by atoms with E-state index in [1.54, 1.807) is 17.9 Å². The molecule has 2 aliphatic rings. The molecule has 5 rings (SSSR count). The third-order valence-corrected chi connectivity index (χ3v) is 6.47. The molecule has 0 radical (unpaired) electrons. The summed E-state index contributed by atoms with van der Waals surface area (Å²) in [5, 5.41) is 13.3. The molecule has 0 bridgehead atoms. The fourth-order valence-electron chi connectivity index (χ4n) is 4.07. The SMILES string of the molecule is Cc1c(Nc2ncc3c(Cl)nn(C)c3n2)c(Cl)nn1C1CCN(C(=O)C2CC2)CC1. The van der Waals surface area contributed by atoms with Crippen molar-refractivity contribution in [3.05, 3.63) is 22.2 Å². The van der Waals surface area contributed by atoms with Crippen LogP contribution in [0.1, 0.15) is 37.4 Å². The van der Waals surface area contributed by atoms with Gasteiger partial charge in [-0.05, 0) is 32.6 Å². The van der Waals surface area contributed by atoms with Gasteiger partial charge in [0.2, 0.25) is 11.9 Å². The van der Waals surface area contributed by atoms with Gasteiger partial charge in [0, 0.05) is 32.3 Å². The van der Waals surface area contributed by atoms with Gasteiger partial charge in [0.05, 0.1) is 17.1 Å². The van der Waals surface area contributed by atoms with Crippen LogP contribution in [0.4, 0.5) is 11.6 Å². The number of piperidine rings is 1. The lowest BCUT2D eigenvalue weighted by molar-refractivity contribution is -0.133. The number of aryl methyl sites for hydroxylation is 1. The summed E-state index contributed by atoms with van der Waals surface area (Å²) in [5.74, 6) is 0.982. The van der Waals surface area contributed by atoms with Crippen LogP contribution in [0.25, 0.3) is 11.0 Å². The molecule has 3 aromatic heterocycles. The number of aromatic nitrogens is 6. The van der Waals surface area contributed by atoms with E-state index in [1.807, 2.05) is 16.5 Å². The normalized spacial score (nSPS) is 17.7. The average Bonchev–Trinajstić information content (AvgIpc) is 3.51. The zero-order valence-corrected chi connectivity index (χ0v) is 18.3. The maximum absolute atomic E-state index is 12.3. The molecule has 1 saturated heterocycles. The minimum absolute atomic E-state index is 0.209. The molecule has 0 atom stereocenters. The summed E-state index contributed by atoms with van der Waals surface area (Å²) in [5.41, 5.74) is 2.23. The van der Waals surface area contributed by atoms with Crippen molar-refractivity contribution in [2.75, 3.05) is 18.4 Å². The van der Waals surface area contributed by atoms with Gasteiger partial charge in [0.25, 0.3) is 0 Å². The Kier molecular flexibility index (Phi) is 4.82. The molecule has 1 amide bonds. The van der Waals surface area contributed by atoms with Crippen LogP contribution in [0.3, 0.4) is 0 Å². The topological polar surface area (TPSA) is 93.8 Å². The first kappa shape index (κ1) is 19.6. The minimum atomic E-state index is 0.209. The van der Waals surface area contributed by atoms with Gasteiger partial charge in [-0.25, -0.2) is 9.67 Å². The maximum atomic E-state index is 12.3. The smallest absolute Gasteiger partial charge is 0.229 e. The molecule has 1 aliphatic carbocycles. The van der Waals surface area contributed by atoms with Gasteiger partial charge in [-0.2, -0.15) is 15.2 Å². The second kappa shape index (κ2) is 7.39. The molecule has 1 N–H and O–H groups in total. The quantitative estimate of drug-likeness (QED) is 0.656. The van der Waals surface area contributed by atoms with Crippen LogP contribution < -0.4 is 5.32 Å². The number of carbonyl (C=O) groups excluding carboxylic acids is 1. The molecular formula is C19H22Cl2N8O. The average molecular weight is 449 g/mol. The Hall–Kier alpha value is -2.39. The van der Waals surface area contributed by atoms with Gasteiger partial charge in [-0.1, -0.05) is 23.2 Å². The second-order valence-corrected chi connectivity index (χ2v) is 8.71. The fraction of sp³-hybridized carbons (Fsp3) is 0.526. The lowest BCUT2D eigenvalue weighted by Crippen LogP contribution is -2.40. The van der Waals surface area contributed by atoms with E-state index in [0.29, 0.717) is 38.9 Å². The predicted octanol–water partition coefficient (Wildman–Crippen LogP) is 3.49. The number of anilines is 2. The van der Waals surface area contributed by atoms with E-state index in [2.05, 4.69) is 25.5 Å². The van der Waals surface area contributed by atoms with Crippen LogP contribution in [0.2, 0.25) is 10.3 Å². The lowest BCUT2D eigenvalue weighted by Gasteiger charge is -2.32. The highest BCUT2D eigenvalue weighted by Gasteiger charge is 2.35. The molecule has 3 aromatic rings. The summed E-state index contributed by atoms with van der Waals surface area (Å²) >= 11 is 12.5. The molecule has 4 heterocycles. The first-order chi connectivity index (χ1) is 14.4. The summed E-state index contributed by atoms with van der Waals surface area (Å²) in [4.78, 5) is 23.1. The van der Waals surface area contributed by atoms with E-state index in [1.165, 1.54) is 0 Å². The molecule has 30 heavy (non-hydrogen) atoms. The molecule has 0 aromatic carbocycles. The number of hydrogen-bond acceptors (Lipinski definition) is 6. The third kappa shape index (κ3) is 3.39. The third-order valence-electron chi connectivity index (χ3n) is 5.93. The monoisotopic (exact) mass is 448 g/mol. The zero-order chi connectivity index (χ0) is 21.0. The Bertz CT molecular complexity index is 1130. The number of amides is 1. The number of hydrogen-bond donors (Lipinski definition) is 1. The first-order valence-corrected chi connectivity index (χ1v) is 10.8. The van der Waals surface area contributed by atoms with E-state index in [9.17, 15) is 4.79 Å². The van der Waals surface area contributed by atoms with Gasteiger partial charge in [-0.3, -0.25) is 9.48 Å². The Morgan fingerprint density at radius 1 is 1.13 bits per heavy atom. The van der Waals surface area contributed by atoms with Gasteiger partial charge < -0.3 is 10.2 Å².